The Bertz CT molecular complexity index is 870. The number of thiophene rings is 1. The number of aromatic nitrogens is 2. The van der Waals surface area contributed by atoms with Crippen molar-refractivity contribution in [2.24, 2.45) is 0 Å². The molecule has 1 aromatic carbocycles. The van der Waals surface area contributed by atoms with Gasteiger partial charge in [-0.1, -0.05) is 28.9 Å². The highest BCUT2D eigenvalue weighted by molar-refractivity contribution is 9.11. The third-order valence-corrected chi connectivity index (χ3v) is 6.18. The maximum Gasteiger partial charge on any atom is 0.241 e. The van der Waals surface area contributed by atoms with Crippen molar-refractivity contribution >= 4 is 27.3 Å². The molecule has 0 unspecified atom stereocenters. The normalized spacial score (nSPS) is 16.2. The van der Waals surface area contributed by atoms with E-state index in [1.807, 2.05) is 23.5 Å². The molecule has 5 nitrogen and oxygen atoms in total. The highest BCUT2D eigenvalue weighted by Crippen LogP contribution is 2.24. The molecule has 0 spiro atoms. The van der Waals surface area contributed by atoms with Crippen molar-refractivity contribution < 1.29 is 4.52 Å². The lowest BCUT2D eigenvalue weighted by molar-refractivity contribution is 0.113. The van der Waals surface area contributed by atoms with Crippen molar-refractivity contribution in [3.05, 3.63) is 56.5 Å². The van der Waals surface area contributed by atoms with Crippen molar-refractivity contribution in [2.75, 3.05) is 26.2 Å². The van der Waals surface area contributed by atoms with Crippen molar-refractivity contribution in [1.82, 2.24) is 19.9 Å². The first-order valence-corrected chi connectivity index (χ1v) is 10.4. The Kier molecular flexibility index (Phi) is 5.49. The second-order valence-corrected chi connectivity index (χ2v) is 9.19. The maximum atomic E-state index is 5.47. The molecule has 0 atom stereocenters. The zero-order chi connectivity index (χ0) is 17.9. The highest BCUT2D eigenvalue weighted by atomic mass is 79.9. The smallest absolute Gasteiger partial charge is 0.241 e. The quantitative estimate of drug-likeness (QED) is 0.604. The number of halogens is 1. The molecular weight excluding hydrogens is 412 g/mol. The van der Waals surface area contributed by atoms with E-state index in [9.17, 15) is 0 Å². The third-order valence-electron chi connectivity index (χ3n) is 4.58. The summed E-state index contributed by atoms with van der Waals surface area (Å²) in [5.41, 5.74) is 2.20. The Labute approximate surface area is 165 Å². The largest absolute Gasteiger partial charge is 0.338 e. The summed E-state index contributed by atoms with van der Waals surface area (Å²) in [6.45, 7) is 7.99. The van der Waals surface area contributed by atoms with Gasteiger partial charge in [0.05, 0.1) is 10.3 Å². The molecule has 0 bridgehead atoms. The van der Waals surface area contributed by atoms with Gasteiger partial charge in [0.25, 0.3) is 0 Å². The SMILES string of the molecule is Cc1cccc(-c2noc(CN3CCN(Cc4ccc(Br)s4)CC3)n2)c1. The summed E-state index contributed by atoms with van der Waals surface area (Å²) in [5, 5.41) is 4.14. The molecule has 0 radical (unpaired) electrons. The molecule has 0 saturated carbocycles. The number of aryl methyl sites for hydroxylation is 1. The van der Waals surface area contributed by atoms with Crippen LogP contribution in [0.1, 0.15) is 16.3 Å². The molecule has 26 heavy (non-hydrogen) atoms. The molecule has 4 rings (SSSR count). The fourth-order valence-electron chi connectivity index (χ4n) is 3.17. The summed E-state index contributed by atoms with van der Waals surface area (Å²) in [4.78, 5) is 10.9. The molecule has 1 aliphatic heterocycles. The second-order valence-electron chi connectivity index (χ2n) is 6.64. The number of nitrogens with zero attached hydrogens (tertiary/aromatic N) is 4. The number of piperazine rings is 1. The van der Waals surface area contributed by atoms with Crippen LogP contribution in [0.15, 0.2) is 44.7 Å². The molecule has 0 amide bonds. The summed E-state index contributed by atoms with van der Waals surface area (Å²) in [7, 11) is 0. The average Bonchev–Trinajstić information content (AvgIpc) is 3.26. The van der Waals surface area contributed by atoms with Gasteiger partial charge >= 0.3 is 0 Å². The van der Waals surface area contributed by atoms with Crippen molar-refractivity contribution in [1.29, 1.82) is 0 Å². The lowest BCUT2D eigenvalue weighted by atomic mass is 10.1. The van der Waals surface area contributed by atoms with Gasteiger partial charge < -0.3 is 4.52 Å². The van der Waals surface area contributed by atoms with Gasteiger partial charge in [-0.15, -0.1) is 11.3 Å². The molecule has 3 heterocycles. The molecule has 1 aliphatic rings. The van der Waals surface area contributed by atoms with Crippen LogP contribution < -0.4 is 0 Å². The van der Waals surface area contributed by atoms with E-state index in [0.717, 1.165) is 44.8 Å². The van der Waals surface area contributed by atoms with E-state index < -0.39 is 0 Å². The Morgan fingerprint density at radius 2 is 1.85 bits per heavy atom. The van der Waals surface area contributed by atoms with Crippen LogP contribution >= 0.6 is 27.3 Å². The zero-order valence-electron chi connectivity index (χ0n) is 14.7. The Morgan fingerprint density at radius 3 is 2.54 bits per heavy atom. The number of hydrogen-bond acceptors (Lipinski definition) is 6. The standard InChI is InChI=1S/C19H21BrN4OS/c1-14-3-2-4-15(11-14)19-21-18(25-22-19)13-24-9-7-23(8-10-24)12-16-5-6-17(20)26-16/h2-6,11H,7-10,12-13H2,1H3. The van der Waals surface area contributed by atoms with Gasteiger partial charge in [-0.05, 0) is 41.1 Å². The van der Waals surface area contributed by atoms with Gasteiger partial charge in [0.1, 0.15) is 0 Å². The molecule has 3 aromatic rings. The van der Waals surface area contributed by atoms with E-state index in [1.54, 1.807) is 0 Å². The van der Waals surface area contributed by atoms with Crippen LogP contribution in [-0.2, 0) is 13.1 Å². The van der Waals surface area contributed by atoms with Crippen molar-refractivity contribution in [3.8, 4) is 11.4 Å². The van der Waals surface area contributed by atoms with E-state index in [-0.39, 0.29) is 0 Å². The Morgan fingerprint density at radius 1 is 1.08 bits per heavy atom. The summed E-state index contributed by atoms with van der Waals surface area (Å²) in [6.07, 6.45) is 0. The zero-order valence-corrected chi connectivity index (χ0v) is 17.1. The minimum absolute atomic E-state index is 0.672. The predicted molar refractivity (Wildman–Crippen MR) is 107 cm³/mol. The first kappa shape index (κ1) is 17.9. The molecule has 2 aromatic heterocycles. The minimum Gasteiger partial charge on any atom is -0.338 e. The number of hydrogen-bond donors (Lipinski definition) is 0. The highest BCUT2D eigenvalue weighted by Gasteiger charge is 2.20. The fourth-order valence-corrected chi connectivity index (χ4v) is 4.70. The van der Waals surface area contributed by atoms with E-state index in [0.29, 0.717) is 11.7 Å². The topological polar surface area (TPSA) is 45.4 Å². The van der Waals surface area contributed by atoms with Crippen LogP contribution in [0.4, 0.5) is 0 Å². The van der Waals surface area contributed by atoms with Crippen molar-refractivity contribution in [3.63, 3.8) is 0 Å². The van der Waals surface area contributed by atoms with Gasteiger partial charge in [-0.2, -0.15) is 4.98 Å². The van der Waals surface area contributed by atoms with E-state index in [2.05, 4.69) is 67.1 Å². The van der Waals surface area contributed by atoms with E-state index in [4.69, 9.17) is 4.52 Å². The molecule has 1 saturated heterocycles. The summed E-state index contributed by atoms with van der Waals surface area (Å²) < 4.78 is 6.67. The van der Waals surface area contributed by atoms with Crippen molar-refractivity contribution in [2.45, 2.75) is 20.0 Å². The number of benzene rings is 1. The van der Waals surface area contributed by atoms with E-state index >= 15 is 0 Å². The molecule has 0 N–H and O–H groups in total. The van der Waals surface area contributed by atoms with Gasteiger partial charge in [0.15, 0.2) is 0 Å². The molecule has 7 heteroatoms. The second kappa shape index (κ2) is 8.00. The van der Waals surface area contributed by atoms with Crippen LogP contribution in [0, 0.1) is 6.92 Å². The van der Waals surface area contributed by atoms with Gasteiger partial charge in [-0.3, -0.25) is 9.80 Å². The van der Waals surface area contributed by atoms with Gasteiger partial charge in [0, 0.05) is 43.2 Å². The molecule has 1 fully saturated rings. The number of rotatable bonds is 5. The molecular formula is C19H21BrN4OS. The first-order valence-electron chi connectivity index (χ1n) is 8.74. The van der Waals surface area contributed by atoms with Crippen LogP contribution in [0.25, 0.3) is 11.4 Å². The monoisotopic (exact) mass is 432 g/mol. The predicted octanol–water partition coefficient (Wildman–Crippen LogP) is 4.19. The van der Waals surface area contributed by atoms with Crippen LogP contribution in [0.5, 0.6) is 0 Å². The Hall–Kier alpha value is -1.54. The average molecular weight is 433 g/mol. The lowest BCUT2D eigenvalue weighted by Gasteiger charge is -2.33. The first-order chi connectivity index (χ1) is 12.7. The Balaban J connectivity index is 1.30. The summed E-state index contributed by atoms with van der Waals surface area (Å²) >= 11 is 5.35. The molecule has 136 valence electrons. The summed E-state index contributed by atoms with van der Waals surface area (Å²) in [5.74, 6) is 1.36. The summed E-state index contributed by atoms with van der Waals surface area (Å²) in [6, 6.07) is 12.5. The minimum atomic E-state index is 0.672. The third kappa shape index (κ3) is 4.40. The maximum absolute atomic E-state index is 5.47. The molecule has 0 aliphatic carbocycles. The van der Waals surface area contributed by atoms with E-state index in [1.165, 1.54) is 14.2 Å². The van der Waals surface area contributed by atoms with Gasteiger partial charge in [0.2, 0.25) is 11.7 Å². The van der Waals surface area contributed by atoms with Crippen LogP contribution in [-0.4, -0.2) is 46.1 Å². The van der Waals surface area contributed by atoms with Crippen LogP contribution in [0.3, 0.4) is 0 Å². The fraction of sp³-hybridized carbons (Fsp3) is 0.368. The van der Waals surface area contributed by atoms with Gasteiger partial charge in [-0.25, -0.2) is 0 Å². The lowest BCUT2D eigenvalue weighted by Crippen LogP contribution is -2.45. The van der Waals surface area contributed by atoms with Crippen LogP contribution in [0.2, 0.25) is 0 Å².